The molecule has 1 N–H and O–H groups in total. The van der Waals surface area contributed by atoms with Gasteiger partial charge in [-0.1, -0.05) is 6.08 Å². The minimum absolute atomic E-state index is 0.619. The molecule has 16 heavy (non-hydrogen) atoms. The Balaban J connectivity index is 2.25. The number of hydrogen-bond acceptors (Lipinski definition) is 2. The first-order valence-electron chi connectivity index (χ1n) is 6.04. The smallest absolute Gasteiger partial charge is 0.0270 e. The van der Waals surface area contributed by atoms with E-state index in [2.05, 4.69) is 29.0 Å². The van der Waals surface area contributed by atoms with Gasteiger partial charge in [-0.2, -0.15) is 0 Å². The summed E-state index contributed by atoms with van der Waals surface area (Å²) in [6.07, 6.45) is 11.6. The number of nitrogens with zero attached hydrogens (tertiary/aromatic N) is 1. The lowest BCUT2D eigenvalue weighted by Gasteiger charge is -2.15. The lowest BCUT2D eigenvalue weighted by atomic mass is 10.0. The molecule has 88 valence electrons. The molecule has 1 aromatic rings. The molecular formula is C14H22N2. The zero-order valence-corrected chi connectivity index (χ0v) is 10.2. The molecule has 0 amide bonds. The van der Waals surface area contributed by atoms with Gasteiger partial charge in [0.2, 0.25) is 0 Å². The van der Waals surface area contributed by atoms with Crippen LogP contribution < -0.4 is 5.32 Å². The van der Waals surface area contributed by atoms with Gasteiger partial charge in [-0.15, -0.1) is 6.58 Å². The van der Waals surface area contributed by atoms with Crippen LogP contribution in [-0.4, -0.2) is 18.1 Å². The normalized spacial score (nSPS) is 12.3. The molecular weight excluding hydrogens is 196 g/mol. The Morgan fingerprint density at radius 3 is 2.75 bits per heavy atom. The van der Waals surface area contributed by atoms with Crippen molar-refractivity contribution >= 4 is 0 Å². The van der Waals surface area contributed by atoms with Crippen molar-refractivity contribution in [3.8, 4) is 0 Å². The predicted octanol–water partition coefficient (Wildman–Crippen LogP) is 2.96. The predicted molar refractivity (Wildman–Crippen MR) is 69.5 cm³/mol. The van der Waals surface area contributed by atoms with Gasteiger partial charge in [0, 0.05) is 18.4 Å². The first-order valence-corrected chi connectivity index (χ1v) is 6.04. The van der Waals surface area contributed by atoms with Crippen LogP contribution in [0.3, 0.4) is 0 Å². The van der Waals surface area contributed by atoms with E-state index in [9.17, 15) is 0 Å². The van der Waals surface area contributed by atoms with Crippen LogP contribution in [0.4, 0.5) is 0 Å². The van der Waals surface area contributed by atoms with Gasteiger partial charge in [-0.25, -0.2) is 0 Å². The van der Waals surface area contributed by atoms with Crippen LogP contribution in [0.25, 0.3) is 0 Å². The maximum Gasteiger partial charge on any atom is 0.0270 e. The van der Waals surface area contributed by atoms with Gasteiger partial charge in [0.05, 0.1) is 0 Å². The molecule has 2 heteroatoms. The molecule has 0 aromatic carbocycles. The summed E-state index contributed by atoms with van der Waals surface area (Å²) in [6, 6.07) is 4.81. The highest BCUT2D eigenvalue weighted by molar-refractivity contribution is 5.09. The molecule has 1 rings (SSSR count). The SMILES string of the molecule is C=CCCCC(CCc1ccncc1)NC. The van der Waals surface area contributed by atoms with E-state index in [0.29, 0.717) is 6.04 Å². The first kappa shape index (κ1) is 12.9. The molecule has 0 saturated carbocycles. The third-order valence-corrected chi connectivity index (χ3v) is 2.90. The first-order chi connectivity index (χ1) is 7.86. The van der Waals surface area contributed by atoms with Crippen molar-refractivity contribution in [2.45, 2.75) is 38.1 Å². The molecule has 0 fully saturated rings. The van der Waals surface area contributed by atoms with E-state index >= 15 is 0 Å². The van der Waals surface area contributed by atoms with Crippen LogP contribution in [0.2, 0.25) is 0 Å². The molecule has 1 atom stereocenters. The summed E-state index contributed by atoms with van der Waals surface area (Å²) in [5.41, 5.74) is 1.37. The van der Waals surface area contributed by atoms with Crippen molar-refractivity contribution in [2.24, 2.45) is 0 Å². The highest BCUT2D eigenvalue weighted by atomic mass is 14.9. The average molecular weight is 218 g/mol. The van der Waals surface area contributed by atoms with E-state index in [1.165, 1.54) is 24.8 Å². The fourth-order valence-corrected chi connectivity index (χ4v) is 1.83. The van der Waals surface area contributed by atoms with Crippen LogP contribution in [0.1, 0.15) is 31.2 Å². The molecule has 0 bridgehead atoms. The fourth-order valence-electron chi connectivity index (χ4n) is 1.83. The lowest BCUT2D eigenvalue weighted by molar-refractivity contribution is 0.476. The summed E-state index contributed by atoms with van der Waals surface area (Å²) < 4.78 is 0. The Morgan fingerprint density at radius 2 is 2.12 bits per heavy atom. The topological polar surface area (TPSA) is 24.9 Å². The van der Waals surface area contributed by atoms with E-state index in [1.54, 1.807) is 0 Å². The van der Waals surface area contributed by atoms with Gasteiger partial charge in [0.25, 0.3) is 0 Å². The van der Waals surface area contributed by atoms with Crippen LogP contribution in [0.5, 0.6) is 0 Å². The van der Waals surface area contributed by atoms with Crippen molar-refractivity contribution in [3.63, 3.8) is 0 Å². The minimum Gasteiger partial charge on any atom is -0.317 e. The van der Waals surface area contributed by atoms with E-state index in [0.717, 1.165) is 12.8 Å². The van der Waals surface area contributed by atoms with E-state index in [4.69, 9.17) is 0 Å². The number of aryl methyl sites for hydroxylation is 1. The Kier molecular flexibility index (Phi) is 6.50. The number of rotatable bonds is 8. The summed E-state index contributed by atoms with van der Waals surface area (Å²) in [7, 11) is 2.05. The molecule has 0 spiro atoms. The van der Waals surface area contributed by atoms with Crippen LogP contribution in [0.15, 0.2) is 37.2 Å². The lowest BCUT2D eigenvalue weighted by Crippen LogP contribution is -2.25. The summed E-state index contributed by atoms with van der Waals surface area (Å²) in [4.78, 5) is 4.03. The molecule has 0 aliphatic heterocycles. The molecule has 0 saturated heterocycles. The molecule has 0 aliphatic carbocycles. The van der Waals surface area contributed by atoms with E-state index in [-0.39, 0.29) is 0 Å². The second-order valence-electron chi connectivity index (χ2n) is 4.10. The highest BCUT2D eigenvalue weighted by Crippen LogP contribution is 2.09. The zero-order valence-electron chi connectivity index (χ0n) is 10.2. The monoisotopic (exact) mass is 218 g/mol. The summed E-state index contributed by atoms with van der Waals surface area (Å²) in [5, 5.41) is 3.38. The maximum atomic E-state index is 4.03. The number of unbranched alkanes of at least 4 members (excludes halogenated alkanes) is 1. The second kappa shape index (κ2) is 8.05. The van der Waals surface area contributed by atoms with E-state index in [1.807, 2.05) is 25.5 Å². The Labute approximate surface area is 98.8 Å². The van der Waals surface area contributed by atoms with Gasteiger partial charge < -0.3 is 5.32 Å². The van der Waals surface area contributed by atoms with Gasteiger partial charge in [-0.05, 0) is 56.8 Å². The van der Waals surface area contributed by atoms with Crippen LogP contribution >= 0.6 is 0 Å². The number of hydrogen-bond donors (Lipinski definition) is 1. The average Bonchev–Trinajstić information content (AvgIpc) is 2.35. The molecule has 1 aromatic heterocycles. The quantitative estimate of drug-likeness (QED) is 0.536. The molecule has 1 heterocycles. The van der Waals surface area contributed by atoms with Crippen LogP contribution in [0, 0.1) is 0 Å². The standard InChI is InChI=1S/C14H22N2/c1-3-4-5-6-14(15-2)8-7-13-9-11-16-12-10-13/h3,9-12,14-15H,1,4-8H2,2H3. The van der Waals surface area contributed by atoms with Gasteiger partial charge in [-0.3, -0.25) is 4.98 Å². The van der Waals surface area contributed by atoms with Crippen molar-refractivity contribution in [3.05, 3.63) is 42.7 Å². The largest absolute Gasteiger partial charge is 0.317 e. The third kappa shape index (κ3) is 5.08. The number of pyridine rings is 1. The van der Waals surface area contributed by atoms with Crippen molar-refractivity contribution < 1.29 is 0 Å². The Morgan fingerprint density at radius 1 is 1.38 bits per heavy atom. The van der Waals surface area contributed by atoms with Crippen molar-refractivity contribution in [2.75, 3.05) is 7.05 Å². The number of nitrogens with one attached hydrogen (secondary N) is 1. The van der Waals surface area contributed by atoms with Gasteiger partial charge >= 0.3 is 0 Å². The molecule has 2 nitrogen and oxygen atoms in total. The molecule has 1 unspecified atom stereocenters. The summed E-state index contributed by atoms with van der Waals surface area (Å²) >= 11 is 0. The van der Waals surface area contributed by atoms with Crippen molar-refractivity contribution in [1.82, 2.24) is 10.3 Å². The second-order valence-corrected chi connectivity index (χ2v) is 4.10. The molecule has 0 aliphatic rings. The number of aromatic nitrogens is 1. The Bertz CT molecular complexity index is 282. The Hall–Kier alpha value is -1.15. The summed E-state index contributed by atoms with van der Waals surface area (Å²) in [6.45, 7) is 3.75. The van der Waals surface area contributed by atoms with E-state index < -0.39 is 0 Å². The highest BCUT2D eigenvalue weighted by Gasteiger charge is 2.05. The number of allylic oxidation sites excluding steroid dienone is 1. The minimum atomic E-state index is 0.619. The van der Waals surface area contributed by atoms with Crippen LogP contribution in [-0.2, 0) is 6.42 Å². The van der Waals surface area contributed by atoms with Gasteiger partial charge in [0.15, 0.2) is 0 Å². The third-order valence-electron chi connectivity index (χ3n) is 2.90. The zero-order chi connectivity index (χ0) is 11.6. The fraction of sp³-hybridized carbons (Fsp3) is 0.500. The molecule has 0 radical (unpaired) electrons. The van der Waals surface area contributed by atoms with Crippen molar-refractivity contribution in [1.29, 1.82) is 0 Å². The maximum absolute atomic E-state index is 4.03. The summed E-state index contributed by atoms with van der Waals surface area (Å²) in [5.74, 6) is 0. The van der Waals surface area contributed by atoms with Gasteiger partial charge in [0.1, 0.15) is 0 Å².